The summed E-state index contributed by atoms with van der Waals surface area (Å²) in [6, 6.07) is 3.98. The summed E-state index contributed by atoms with van der Waals surface area (Å²) >= 11 is 0. The number of rotatable bonds is 6. The van der Waals surface area contributed by atoms with Crippen molar-refractivity contribution in [2.24, 2.45) is 0 Å². The molecule has 0 fully saturated rings. The van der Waals surface area contributed by atoms with Crippen LogP contribution < -0.4 is 5.32 Å². The summed E-state index contributed by atoms with van der Waals surface area (Å²) in [7, 11) is 0. The predicted molar refractivity (Wildman–Crippen MR) is 101 cm³/mol. The minimum absolute atomic E-state index is 0.837. The molecule has 0 atom stereocenters. The Morgan fingerprint density at radius 2 is 1.88 bits per heavy atom. The van der Waals surface area contributed by atoms with Crippen molar-refractivity contribution >= 4 is 16.9 Å². The van der Waals surface area contributed by atoms with Gasteiger partial charge < -0.3 is 9.88 Å². The van der Waals surface area contributed by atoms with Crippen molar-refractivity contribution in [1.82, 2.24) is 29.1 Å². The molecule has 4 rings (SSSR count). The number of nitrogens with zero attached hydrogens (tertiary/aromatic N) is 6. The molecule has 0 aliphatic carbocycles. The zero-order valence-electron chi connectivity index (χ0n) is 14.9. The second-order valence-corrected chi connectivity index (χ2v) is 6.25. The highest BCUT2D eigenvalue weighted by molar-refractivity contribution is 5.93. The quantitative estimate of drug-likeness (QED) is 0.543. The van der Waals surface area contributed by atoms with E-state index in [0.717, 1.165) is 47.7 Å². The number of anilines is 1. The van der Waals surface area contributed by atoms with E-state index < -0.39 is 0 Å². The molecule has 7 nitrogen and oxygen atoms in total. The maximum atomic E-state index is 4.55. The summed E-state index contributed by atoms with van der Waals surface area (Å²) in [5.41, 5.74) is 4.32. The van der Waals surface area contributed by atoms with Crippen molar-refractivity contribution in [2.45, 2.75) is 26.8 Å². The van der Waals surface area contributed by atoms with E-state index in [1.54, 1.807) is 24.9 Å². The molecule has 0 aliphatic heterocycles. The largest absolute Gasteiger partial charge is 0.369 e. The Bertz CT molecular complexity index is 1000. The fourth-order valence-corrected chi connectivity index (χ4v) is 3.23. The molecule has 0 spiro atoms. The van der Waals surface area contributed by atoms with E-state index in [9.17, 15) is 0 Å². The molecule has 0 amide bonds. The van der Waals surface area contributed by atoms with E-state index in [2.05, 4.69) is 48.2 Å². The highest BCUT2D eigenvalue weighted by Crippen LogP contribution is 2.30. The lowest BCUT2D eigenvalue weighted by atomic mass is 10.2. The number of pyridine rings is 1. The molecule has 0 bridgehead atoms. The first kappa shape index (κ1) is 16.3. The first-order chi connectivity index (χ1) is 12.8. The molecule has 4 aromatic heterocycles. The minimum atomic E-state index is 0.837. The fraction of sp³-hybridized carbons (Fsp3) is 0.263. The summed E-state index contributed by atoms with van der Waals surface area (Å²) in [4.78, 5) is 17.2. The lowest BCUT2D eigenvalue weighted by Crippen LogP contribution is -2.07. The van der Waals surface area contributed by atoms with Crippen LogP contribution in [0, 0.1) is 13.8 Å². The average molecular weight is 347 g/mol. The lowest BCUT2D eigenvalue weighted by Gasteiger charge is -2.09. The first-order valence-corrected chi connectivity index (χ1v) is 8.68. The fourth-order valence-electron chi connectivity index (χ4n) is 3.23. The third kappa shape index (κ3) is 2.92. The number of hydrogen-bond acceptors (Lipinski definition) is 5. The van der Waals surface area contributed by atoms with Crippen LogP contribution in [0.3, 0.4) is 0 Å². The first-order valence-electron chi connectivity index (χ1n) is 8.68. The van der Waals surface area contributed by atoms with Gasteiger partial charge in [0.1, 0.15) is 12.1 Å². The Morgan fingerprint density at radius 1 is 1.04 bits per heavy atom. The van der Waals surface area contributed by atoms with Crippen molar-refractivity contribution < 1.29 is 0 Å². The van der Waals surface area contributed by atoms with Crippen molar-refractivity contribution in [3.63, 3.8) is 0 Å². The van der Waals surface area contributed by atoms with Gasteiger partial charge in [-0.25, -0.2) is 15.0 Å². The number of aryl methyl sites for hydroxylation is 2. The summed E-state index contributed by atoms with van der Waals surface area (Å²) < 4.78 is 4.23. The summed E-state index contributed by atoms with van der Waals surface area (Å²) in [6.45, 7) is 6.00. The molecular formula is C19H21N7. The topological polar surface area (TPSA) is 73.5 Å². The Kier molecular flexibility index (Phi) is 4.35. The van der Waals surface area contributed by atoms with Crippen LogP contribution in [0.5, 0.6) is 0 Å². The van der Waals surface area contributed by atoms with Gasteiger partial charge in [0.15, 0.2) is 5.65 Å². The van der Waals surface area contributed by atoms with E-state index in [0.29, 0.717) is 0 Å². The Hall–Kier alpha value is -3.22. The maximum absolute atomic E-state index is 4.55. The molecule has 26 heavy (non-hydrogen) atoms. The molecule has 0 saturated carbocycles. The van der Waals surface area contributed by atoms with Gasteiger partial charge in [-0.15, -0.1) is 0 Å². The van der Waals surface area contributed by atoms with E-state index in [4.69, 9.17) is 0 Å². The van der Waals surface area contributed by atoms with E-state index in [-0.39, 0.29) is 0 Å². The summed E-state index contributed by atoms with van der Waals surface area (Å²) in [5, 5.41) is 4.55. The van der Waals surface area contributed by atoms with Crippen molar-refractivity contribution in [3.8, 4) is 5.69 Å². The molecule has 1 N–H and O–H groups in total. The van der Waals surface area contributed by atoms with Crippen molar-refractivity contribution in [3.05, 3.63) is 60.8 Å². The lowest BCUT2D eigenvalue weighted by molar-refractivity contribution is 0.660. The second kappa shape index (κ2) is 6.95. The molecule has 132 valence electrons. The number of nitrogens with one attached hydrogen (secondary N) is 1. The van der Waals surface area contributed by atoms with E-state index >= 15 is 0 Å². The molecule has 0 aliphatic rings. The molecule has 0 radical (unpaired) electrons. The molecule has 4 heterocycles. The normalized spacial score (nSPS) is 11.2. The highest BCUT2D eigenvalue weighted by Gasteiger charge is 2.17. The summed E-state index contributed by atoms with van der Waals surface area (Å²) in [5.74, 6) is 0.883. The smallest absolute Gasteiger partial charge is 0.150 e. The number of aromatic nitrogens is 6. The van der Waals surface area contributed by atoms with Gasteiger partial charge in [-0.05, 0) is 38.0 Å². The van der Waals surface area contributed by atoms with Gasteiger partial charge in [-0.1, -0.05) is 0 Å². The van der Waals surface area contributed by atoms with Crippen LogP contribution in [-0.2, 0) is 6.54 Å². The van der Waals surface area contributed by atoms with Crippen LogP contribution in [-0.4, -0.2) is 35.6 Å². The van der Waals surface area contributed by atoms with Gasteiger partial charge in [-0.2, -0.15) is 0 Å². The molecule has 0 aromatic carbocycles. The zero-order chi connectivity index (χ0) is 17.9. The van der Waals surface area contributed by atoms with Gasteiger partial charge in [-0.3, -0.25) is 9.55 Å². The molecule has 0 saturated heterocycles. The third-order valence-corrected chi connectivity index (χ3v) is 4.66. The number of fused-ring (bicyclic) bond motifs is 1. The van der Waals surface area contributed by atoms with Gasteiger partial charge in [0, 0.05) is 43.6 Å². The average Bonchev–Trinajstić information content (AvgIpc) is 3.27. The van der Waals surface area contributed by atoms with Crippen LogP contribution in [0.15, 0.2) is 49.6 Å². The van der Waals surface area contributed by atoms with Crippen LogP contribution in [0.25, 0.3) is 16.7 Å². The van der Waals surface area contributed by atoms with Crippen LogP contribution in [0.4, 0.5) is 5.82 Å². The Balaban J connectivity index is 1.62. The van der Waals surface area contributed by atoms with E-state index in [1.165, 1.54) is 5.56 Å². The molecule has 0 unspecified atom stereocenters. The van der Waals surface area contributed by atoms with Crippen LogP contribution in [0.2, 0.25) is 0 Å². The Labute approximate surface area is 151 Å². The summed E-state index contributed by atoms with van der Waals surface area (Å²) in [6.07, 6.45) is 11.8. The van der Waals surface area contributed by atoms with Crippen molar-refractivity contribution in [1.29, 1.82) is 0 Å². The highest BCUT2D eigenvalue weighted by atomic mass is 15.1. The van der Waals surface area contributed by atoms with E-state index in [1.807, 2.05) is 24.7 Å². The zero-order valence-corrected chi connectivity index (χ0v) is 14.9. The standard InChI is InChI=1S/C19H21N7/c1-14-15(2)26(16-4-7-20-8-5-16)19-17(14)18(23-12-24-19)22-6-3-10-25-11-9-21-13-25/h4-5,7-9,11-13H,3,6,10H2,1-2H3,(H,22,23,24). The maximum Gasteiger partial charge on any atom is 0.150 e. The van der Waals surface area contributed by atoms with Gasteiger partial charge >= 0.3 is 0 Å². The van der Waals surface area contributed by atoms with Gasteiger partial charge in [0.05, 0.1) is 17.4 Å². The van der Waals surface area contributed by atoms with Gasteiger partial charge in [0.2, 0.25) is 0 Å². The molecule has 4 aromatic rings. The SMILES string of the molecule is Cc1c(C)n(-c2ccncc2)c2ncnc(NCCCn3ccnc3)c12. The third-order valence-electron chi connectivity index (χ3n) is 4.66. The van der Waals surface area contributed by atoms with Crippen LogP contribution in [0.1, 0.15) is 17.7 Å². The minimum Gasteiger partial charge on any atom is -0.369 e. The Morgan fingerprint density at radius 3 is 2.65 bits per heavy atom. The second-order valence-electron chi connectivity index (χ2n) is 6.25. The monoisotopic (exact) mass is 347 g/mol. The van der Waals surface area contributed by atoms with Crippen molar-refractivity contribution in [2.75, 3.05) is 11.9 Å². The van der Waals surface area contributed by atoms with Gasteiger partial charge in [0.25, 0.3) is 0 Å². The molecular weight excluding hydrogens is 326 g/mol. The predicted octanol–water partition coefficient (Wildman–Crippen LogP) is 3.13. The number of imidazole rings is 1. The molecule has 7 heteroatoms. The number of hydrogen-bond donors (Lipinski definition) is 1. The van der Waals surface area contributed by atoms with Crippen LogP contribution >= 0.6 is 0 Å².